The smallest absolute Gasteiger partial charge is 0.344 e. The van der Waals surface area contributed by atoms with E-state index in [9.17, 15) is 4.79 Å². The molecule has 0 aliphatic heterocycles. The molecule has 128 valence electrons. The van der Waals surface area contributed by atoms with E-state index < -0.39 is 5.97 Å². The second kappa shape index (κ2) is 7.61. The molecule has 6 nitrogen and oxygen atoms in total. The predicted octanol–water partition coefficient (Wildman–Crippen LogP) is 3.48. The Morgan fingerprint density at radius 1 is 1.08 bits per heavy atom. The first kappa shape index (κ1) is 16.7. The lowest BCUT2D eigenvalue weighted by Crippen LogP contribution is -2.15. The third-order valence-corrected chi connectivity index (χ3v) is 3.57. The van der Waals surface area contributed by atoms with Gasteiger partial charge in [-0.25, -0.2) is 4.79 Å². The summed E-state index contributed by atoms with van der Waals surface area (Å²) in [6.07, 6.45) is 0. The molecule has 0 N–H and O–H groups in total. The molecule has 3 rings (SSSR count). The highest BCUT2D eigenvalue weighted by molar-refractivity contribution is 5.71. The summed E-state index contributed by atoms with van der Waals surface area (Å²) in [5.74, 6) is 0.847. The standard InChI is InChI=1S/C19H18N2O4/c1-13-7-9-15(10-8-13)19-20-17(25-21-19)11-24-18(22)12-23-16-6-4-3-5-14(16)2/h3-10H,11-12H2,1-2H3. The van der Waals surface area contributed by atoms with Crippen LogP contribution in [0.1, 0.15) is 17.0 Å². The fourth-order valence-electron chi connectivity index (χ4n) is 2.17. The van der Waals surface area contributed by atoms with E-state index in [4.69, 9.17) is 14.0 Å². The summed E-state index contributed by atoms with van der Waals surface area (Å²) >= 11 is 0. The average Bonchev–Trinajstić information content (AvgIpc) is 3.09. The number of carbonyl (C=O) groups is 1. The molecular formula is C19H18N2O4. The van der Waals surface area contributed by atoms with Crippen LogP contribution < -0.4 is 4.74 Å². The van der Waals surface area contributed by atoms with Crippen LogP contribution in [-0.4, -0.2) is 22.7 Å². The lowest BCUT2D eigenvalue weighted by molar-refractivity contribution is -0.148. The number of hydrogen-bond donors (Lipinski definition) is 0. The predicted molar refractivity (Wildman–Crippen MR) is 90.9 cm³/mol. The van der Waals surface area contributed by atoms with Gasteiger partial charge in [-0.1, -0.05) is 53.2 Å². The van der Waals surface area contributed by atoms with Crippen molar-refractivity contribution in [3.8, 4) is 17.1 Å². The Balaban J connectivity index is 1.51. The van der Waals surface area contributed by atoms with E-state index in [0.29, 0.717) is 11.6 Å². The van der Waals surface area contributed by atoms with Gasteiger partial charge in [0.2, 0.25) is 5.82 Å². The van der Waals surface area contributed by atoms with Crippen molar-refractivity contribution in [1.29, 1.82) is 0 Å². The minimum atomic E-state index is -0.502. The number of ether oxygens (including phenoxy) is 2. The summed E-state index contributed by atoms with van der Waals surface area (Å²) in [5.41, 5.74) is 2.94. The molecule has 1 aromatic heterocycles. The van der Waals surface area contributed by atoms with Crippen molar-refractivity contribution < 1.29 is 18.8 Å². The number of para-hydroxylation sites is 1. The van der Waals surface area contributed by atoms with Crippen molar-refractivity contribution in [3.63, 3.8) is 0 Å². The van der Waals surface area contributed by atoms with E-state index in [1.54, 1.807) is 6.07 Å². The van der Waals surface area contributed by atoms with Gasteiger partial charge in [0.15, 0.2) is 13.2 Å². The summed E-state index contributed by atoms with van der Waals surface area (Å²) in [6, 6.07) is 15.2. The molecule has 6 heteroatoms. The molecule has 0 bridgehead atoms. The molecule has 0 aliphatic carbocycles. The van der Waals surface area contributed by atoms with E-state index in [1.807, 2.05) is 56.3 Å². The van der Waals surface area contributed by atoms with Gasteiger partial charge in [-0.15, -0.1) is 0 Å². The van der Waals surface area contributed by atoms with E-state index in [-0.39, 0.29) is 19.1 Å². The Kier molecular flexibility index (Phi) is 5.09. The molecule has 0 fully saturated rings. The molecule has 0 atom stereocenters. The van der Waals surface area contributed by atoms with Gasteiger partial charge in [0.05, 0.1) is 0 Å². The molecular weight excluding hydrogens is 320 g/mol. The Labute approximate surface area is 145 Å². The van der Waals surface area contributed by atoms with Gasteiger partial charge in [-0.05, 0) is 25.5 Å². The highest BCUT2D eigenvalue weighted by atomic mass is 16.6. The minimum absolute atomic E-state index is 0.0885. The summed E-state index contributed by atoms with van der Waals surface area (Å²) in [7, 11) is 0. The molecule has 0 saturated carbocycles. The lowest BCUT2D eigenvalue weighted by atomic mass is 10.1. The number of hydrogen-bond acceptors (Lipinski definition) is 6. The number of rotatable bonds is 6. The number of esters is 1. The highest BCUT2D eigenvalue weighted by Crippen LogP contribution is 2.17. The van der Waals surface area contributed by atoms with Crippen molar-refractivity contribution in [2.45, 2.75) is 20.5 Å². The van der Waals surface area contributed by atoms with Gasteiger partial charge < -0.3 is 14.0 Å². The van der Waals surface area contributed by atoms with Crippen molar-refractivity contribution in [3.05, 3.63) is 65.5 Å². The molecule has 0 saturated heterocycles. The zero-order valence-corrected chi connectivity index (χ0v) is 14.1. The molecule has 0 unspecified atom stereocenters. The normalized spacial score (nSPS) is 10.5. The molecule has 25 heavy (non-hydrogen) atoms. The number of carbonyl (C=O) groups excluding carboxylic acids is 1. The van der Waals surface area contributed by atoms with Crippen molar-refractivity contribution in [2.24, 2.45) is 0 Å². The van der Waals surface area contributed by atoms with Crippen LogP contribution in [0.25, 0.3) is 11.4 Å². The van der Waals surface area contributed by atoms with Crippen LogP contribution in [-0.2, 0) is 16.1 Å². The van der Waals surface area contributed by atoms with Crippen LogP contribution in [0.5, 0.6) is 5.75 Å². The van der Waals surface area contributed by atoms with E-state index in [2.05, 4.69) is 10.1 Å². The average molecular weight is 338 g/mol. The number of aryl methyl sites for hydroxylation is 2. The molecule has 0 radical (unpaired) electrons. The van der Waals surface area contributed by atoms with Crippen LogP contribution >= 0.6 is 0 Å². The van der Waals surface area contributed by atoms with Gasteiger partial charge in [0.25, 0.3) is 5.89 Å². The quantitative estimate of drug-likeness (QED) is 0.641. The second-order valence-corrected chi connectivity index (χ2v) is 5.59. The van der Waals surface area contributed by atoms with Crippen LogP contribution in [0.2, 0.25) is 0 Å². The first-order chi connectivity index (χ1) is 12.1. The number of nitrogens with zero attached hydrogens (tertiary/aromatic N) is 2. The topological polar surface area (TPSA) is 74.5 Å². The number of aromatic nitrogens is 2. The molecule has 0 aliphatic rings. The van der Waals surface area contributed by atoms with E-state index >= 15 is 0 Å². The summed E-state index contributed by atoms with van der Waals surface area (Å²) in [5, 5.41) is 3.89. The molecule has 2 aromatic carbocycles. The summed E-state index contributed by atoms with van der Waals surface area (Å²) in [4.78, 5) is 16.0. The maximum absolute atomic E-state index is 11.8. The van der Waals surface area contributed by atoms with Gasteiger partial charge in [0.1, 0.15) is 5.75 Å². The first-order valence-electron chi connectivity index (χ1n) is 7.85. The Morgan fingerprint density at radius 3 is 2.60 bits per heavy atom. The van der Waals surface area contributed by atoms with Crippen molar-refractivity contribution >= 4 is 5.97 Å². The summed E-state index contributed by atoms with van der Waals surface area (Å²) < 4.78 is 15.6. The zero-order chi connectivity index (χ0) is 17.6. The molecule has 1 heterocycles. The van der Waals surface area contributed by atoms with Crippen LogP contribution in [0, 0.1) is 13.8 Å². The fraction of sp³-hybridized carbons (Fsp3) is 0.211. The summed E-state index contributed by atoms with van der Waals surface area (Å²) in [6.45, 7) is 3.65. The monoisotopic (exact) mass is 338 g/mol. The van der Waals surface area contributed by atoms with Crippen LogP contribution in [0.15, 0.2) is 53.1 Å². The second-order valence-electron chi connectivity index (χ2n) is 5.59. The van der Waals surface area contributed by atoms with Gasteiger partial charge in [0, 0.05) is 5.56 Å². The molecule has 3 aromatic rings. The Bertz CT molecular complexity index is 856. The van der Waals surface area contributed by atoms with Crippen LogP contribution in [0.3, 0.4) is 0 Å². The maximum atomic E-state index is 11.8. The minimum Gasteiger partial charge on any atom is -0.482 e. The SMILES string of the molecule is Cc1ccc(-c2noc(COC(=O)COc3ccccc3C)n2)cc1. The third kappa shape index (κ3) is 4.44. The zero-order valence-electron chi connectivity index (χ0n) is 14.1. The van der Waals surface area contributed by atoms with Gasteiger partial charge in [-0.2, -0.15) is 4.98 Å². The fourth-order valence-corrected chi connectivity index (χ4v) is 2.17. The third-order valence-electron chi connectivity index (χ3n) is 3.57. The highest BCUT2D eigenvalue weighted by Gasteiger charge is 2.12. The number of benzene rings is 2. The van der Waals surface area contributed by atoms with E-state index in [0.717, 1.165) is 16.7 Å². The van der Waals surface area contributed by atoms with Crippen molar-refractivity contribution in [2.75, 3.05) is 6.61 Å². The van der Waals surface area contributed by atoms with E-state index in [1.165, 1.54) is 0 Å². The van der Waals surface area contributed by atoms with Gasteiger partial charge >= 0.3 is 5.97 Å². The molecule has 0 spiro atoms. The van der Waals surface area contributed by atoms with Crippen molar-refractivity contribution in [1.82, 2.24) is 10.1 Å². The van der Waals surface area contributed by atoms with Gasteiger partial charge in [-0.3, -0.25) is 0 Å². The molecule has 0 amide bonds. The Hall–Kier alpha value is -3.15. The maximum Gasteiger partial charge on any atom is 0.344 e. The largest absolute Gasteiger partial charge is 0.482 e. The lowest BCUT2D eigenvalue weighted by Gasteiger charge is -2.07. The first-order valence-corrected chi connectivity index (χ1v) is 7.85. The van der Waals surface area contributed by atoms with Crippen LogP contribution in [0.4, 0.5) is 0 Å². The Morgan fingerprint density at radius 2 is 1.84 bits per heavy atom.